The standard InChI is InChI=1S/C21H18N2O6/c1-12-16(21(26)29-2)17(14-9-6-10-15(11-14)23(27)28)18(20(24)25)19(22-12)13-7-4-3-5-8-13/h3-11,16-17H,1-2H3,(H,24,25). The van der Waals surface area contributed by atoms with Crippen LogP contribution in [0, 0.1) is 16.0 Å². The Bertz CT molecular complexity index is 1040. The number of aliphatic carboxylic acids is 1. The lowest BCUT2D eigenvalue weighted by atomic mass is 9.74. The van der Waals surface area contributed by atoms with Crippen LogP contribution in [0.25, 0.3) is 5.70 Å². The van der Waals surface area contributed by atoms with Gasteiger partial charge in [0, 0.05) is 29.3 Å². The number of hydrogen-bond donors (Lipinski definition) is 1. The molecule has 0 fully saturated rings. The van der Waals surface area contributed by atoms with Crippen LogP contribution in [0.3, 0.4) is 0 Å². The molecule has 0 radical (unpaired) electrons. The third-order valence-corrected chi connectivity index (χ3v) is 4.81. The SMILES string of the molecule is COC(=O)C1C(C)=NC(c2ccccc2)=C(C(=O)O)C1c1cccc([N+](=O)[O-])c1. The largest absolute Gasteiger partial charge is 0.478 e. The van der Waals surface area contributed by atoms with Crippen LogP contribution >= 0.6 is 0 Å². The summed E-state index contributed by atoms with van der Waals surface area (Å²) in [5.74, 6) is -3.92. The average Bonchev–Trinajstić information content (AvgIpc) is 2.72. The molecule has 0 spiro atoms. The Morgan fingerprint density at radius 1 is 1.14 bits per heavy atom. The van der Waals surface area contributed by atoms with Crippen molar-refractivity contribution in [1.29, 1.82) is 0 Å². The Morgan fingerprint density at radius 2 is 1.83 bits per heavy atom. The minimum absolute atomic E-state index is 0.113. The highest BCUT2D eigenvalue weighted by Gasteiger charge is 2.43. The zero-order valence-electron chi connectivity index (χ0n) is 15.7. The van der Waals surface area contributed by atoms with Crippen molar-refractivity contribution >= 4 is 29.0 Å². The molecule has 2 aromatic rings. The highest BCUT2D eigenvalue weighted by molar-refractivity contribution is 6.11. The molecule has 148 valence electrons. The molecule has 0 aromatic heterocycles. The molecule has 29 heavy (non-hydrogen) atoms. The fourth-order valence-corrected chi connectivity index (χ4v) is 3.54. The van der Waals surface area contributed by atoms with Crippen LogP contribution in [0.2, 0.25) is 0 Å². The van der Waals surface area contributed by atoms with Gasteiger partial charge in [-0.05, 0) is 12.5 Å². The number of methoxy groups -OCH3 is 1. The number of ether oxygens (including phenoxy) is 1. The minimum Gasteiger partial charge on any atom is -0.478 e. The van der Waals surface area contributed by atoms with E-state index in [1.165, 1.54) is 25.3 Å². The van der Waals surface area contributed by atoms with Crippen LogP contribution in [-0.4, -0.2) is 34.8 Å². The van der Waals surface area contributed by atoms with Crippen LogP contribution in [0.15, 0.2) is 65.2 Å². The van der Waals surface area contributed by atoms with Crippen molar-refractivity contribution in [1.82, 2.24) is 0 Å². The van der Waals surface area contributed by atoms with Crippen LogP contribution in [0.1, 0.15) is 24.0 Å². The molecular weight excluding hydrogens is 376 g/mol. The number of carbonyl (C=O) groups excluding carboxylic acids is 1. The molecule has 2 aromatic carbocycles. The first-order valence-corrected chi connectivity index (χ1v) is 8.75. The van der Waals surface area contributed by atoms with Crippen LogP contribution in [0.5, 0.6) is 0 Å². The number of esters is 1. The maximum Gasteiger partial charge on any atom is 0.334 e. The number of hydrogen-bond acceptors (Lipinski definition) is 6. The quantitative estimate of drug-likeness (QED) is 0.471. The van der Waals surface area contributed by atoms with Gasteiger partial charge in [0.15, 0.2) is 0 Å². The average molecular weight is 394 g/mol. The molecule has 0 saturated heterocycles. The van der Waals surface area contributed by atoms with E-state index in [0.29, 0.717) is 16.8 Å². The normalized spacial score (nSPS) is 18.8. The zero-order valence-corrected chi connectivity index (χ0v) is 15.7. The summed E-state index contributed by atoms with van der Waals surface area (Å²) in [5, 5.41) is 21.3. The number of rotatable bonds is 5. The van der Waals surface area contributed by atoms with E-state index in [1.54, 1.807) is 43.3 Å². The monoisotopic (exact) mass is 394 g/mol. The van der Waals surface area contributed by atoms with Crippen LogP contribution in [0.4, 0.5) is 5.69 Å². The van der Waals surface area contributed by atoms with Crippen LogP contribution < -0.4 is 0 Å². The predicted octanol–water partition coefficient (Wildman–Crippen LogP) is 3.44. The number of carbonyl (C=O) groups is 2. The lowest BCUT2D eigenvalue weighted by Gasteiger charge is -2.31. The molecule has 8 nitrogen and oxygen atoms in total. The van der Waals surface area contributed by atoms with E-state index in [1.807, 2.05) is 0 Å². The Labute approximate surface area is 166 Å². The van der Waals surface area contributed by atoms with Gasteiger partial charge in [-0.1, -0.05) is 42.5 Å². The van der Waals surface area contributed by atoms with E-state index in [-0.39, 0.29) is 17.0 Å². The topological polar surface area (TPSA) is 119 Å². The summed E-state index contributed by atoms with van der Waals surface area (Å²) in [4.78, 5) is 39.9. The van der Waals surface area contributed by atoms with E-state index in [2.05, 4.69) is 4.99 Å². The molecule has 1 N–H and O–H groups in total. The number of nitrogens with zero attached hydrogens (tertiary/aromatic N) is 2. The van der Waals surface area contributed by atoms with Crippen molar-refractivity contribution in [3.8, 4) is 0 Å². The third kappa shape index (κ3) is 3.77. The highest BCUT2D eigenvalue weighted by atomic mass is 16.6. The minimum atomic E-state index is -1.26. The number of benzene rings is 2. The van der Waals surface area contributed by atoms with Crippen molar-refractivity contribution in [2.75, 3.05) is 7.11 Å². The molecule has 0 bridgehead atoms. The first-order valence-electron chi connectivity index (χ1n) is 8.75. The summed E-state index contributed by atoms with van der Waals surface area (Å²) in [7, 11) is 1.21. The Hall–Kier alpha value is -3.81. The van der Waals surface area contributed by atoms with E-state index in [4.69, 9.17) is 4.74 Å². The van der Waals surface area contributed by atoms with Gasteiger partial charge < -0.3 is 9.84 Å². The molecule has 0 saturated carbocycles. The second-order valence-corrected chi connectivity index (χ2v) is 6.52. The van der Waals surface area contributed by atoms with Gasteiger partial charge in [0.25, 0.3) is 5.69 Å². The van der Waals surface area contributed by atoms with Gasteiger partial charge in [-0.25, -0.2) is 4.79 Å². The number of carboxylic acid groups (broad SMARTS) is 1. The number of aliphatic imine (C=N–C) groups is 1. The third-order valence-electron chi connectivity index (χ3n) is 4.81. The van der Waals surface area contributed by atoms with E-state index in [0.717, 1.165) is 0 Å². The van der Waals surface area contributed by atoms with Crippen molar-refractivity contribution in [2.24, 2.45) is 10.9 Å². The smallest absolute Gasteiger partial charge is 0.334 e. The second-order valence-electron chi connectivity index (χ2n) is 6.52. The number of nitro benzene ring substituents is 1. The van der Waals surface area contributed by atoms with Crippen molar-refractivity contribution in [3.63, 3.8) is 0 Å². The first kappa shape index (κ1) is 19.9. The van der Waals surface area contributed by atoms with Gasteiger partial charge in [-0.3, -0.25) is 19.9 Å². The van der Waals surface area contributed by atoms with Gasteiger partial charge >= 0.3 is 11.9 Å². The number of nitro groups is 1. The second kappa shape index (κ2) is 8.05. The van der Waals surface area contributed by atoms with Gasteiger partial charge in [0.05, 0.1) is 23.3 Å². The van der Waals surface area contributed by atoms with E-state index < -0.39 is 28.7 Å². The molecule has 2 unspecified atom stereocenters. The lowest BCUT2D eigenvalue weighted by Crippen LogP contribution is -2.35. The molecular formula is C21H18N2O6. The molecule has 0 amide bonds. The summed E-state index contributed by atoms with van der Waals surface area (Å²) in [5.41, 5.74) is 1.18. The molecule has 2 atom stereocenters. The van der Waals surface area contributed by atoms with E-state index >= 15 is 0 Å². The maximum atomic E-state index is 12.5. The van der Waals surface area contributed by atoms with Gasteiger partial charge in [-0.2, -0.15) is 0 Å². The summed E-state index contributed by atoms with van der Waals surface area (Å²) in [6.45, 7) is 1.62. The van der Waals surface area contributed by atoms with Gasteiger partial charge in [-0.15, -0.1) is 0 Å². The lowest BCUT2D eigenvalue weighted by molar-refractivity contribution is -0.384. The Morgan fingerprint density at radius 3 is 2.41 bits per heavy atom. The fourth-order valence-electron chi connectivity index (χ4n) is 3.54. The maximum absolute atomic E-state index is 12.5. The summed E-state index contributed by atoms with van der Waals surface area (Å²) < 4.78 is 4.89. The van der Waals surface area contributed by atoms with Crippen LogP contribution in [-0.2, 0) is 14.3 Å². The number of carboxylic acids is 1. The van der Waals surface area contributed by atoms with Crippen molar-refractivity contribution in [3.05, 3.63) is 81.4 Å². The predicted molar refractivity (Wildman–Crippen MR) is 105 cm³/mol. The zero-order chi connectivity index (χ0) is 21.1. The highest BCUT2D eigenvalue weighted by Crippen LogP contribution is 2.43. The van der Waals surface area contributed by atoms with Gasteiger partial charge in [0.1, 0.15) is 5.92 Å². The first-order chi connectivity index (χ1) is 13.8. The van der Waals surface area contributed by atoms with Crippen molar-refractivity contribution in [2.45, 2.75) is 12.8 Å². The molecule has 1 heterocycles. The molecule has 1 aliphatic heterocycles. The number of non-ortho nitro benzene ring substituents is 1. The van der Waals surface area contributed by atoms with Gasteiger partial charge in [0.2, 0.25) is 0 Å². The summed E-state index contributed by atoms with van der Waals surface area (Å²) in [6.07, 6.45) is 0. The molecule has 0 aliphatic carbocycles. The fraction of sp³-hybridized carbons (Fsp3) is 0.190. The Balaban J connectivity index is 2.31. The molecule has 3 rings (SSSR count). The molecule has 1 aliphatic rings. The summed E-state index contributed by atoms with van der Waals surface area (Å²) in [6, 6.07) is 14.4. The molecule has 8 heteroatoms. The van der Waals surface area contributed by atoms with Crippen molar-refractivity contribution < 1.29 is 24.4 Å². The Kier molecular flexibility index (Phi) is 5.54. The van der Waals surface area contributed by atoms with E-state index in [9.17, 15) is 24.8 Å². The summed E-state index contributed by atoms with van der Waals surface area (Å²) >= 11 is 0.